The number of hydrogen-bond donors (Lipinski definition) is 1. The monoisotopic (exact) mass is 446 g/mol. The molecular formula is C23H27ClN2O3S. The van der Waals surface area contributed by atoms with Gasteiger partial charge in [0, 0.05) is 11.6 Å². The molecule has 0 bridgehead atoms. The maximum absolute atomic E-state index is 12.8. The van der Waals surface area contributed by atoms with Crippen LogP contribution in [0.15, 0.2) is 40.9 Å². The molecule has 5 nitrogen and oxygen atoms in total. The summed E-state index contributed by atoms with van der Waals surface area (Å²) in [6.45, 7) is 2.82. The Morgan fingerprint density at radius 1 is 1.37 bits per heavy atom. The first kappa shape index (κ1) is 21.4. The summed E-state index contributed by atoms with van der Waals surface area (Å²) in [5, 5.41) is 9.70. The number of halogens is 1. The molecule has 1 N–H and O–H groups in total. The molecule has 0 aromatic heterocycles. The molecule has 1 saturated carbocycles. The number of carboxylic acids is 1. The van der Waals surface area contributed by atoms with Gasteiger partial charge in [-0.3, -0.25) is 14.5 Å². The third-order valence-electron chi connectivity index (χ3n) is 6.41. The van der Waals surface area contributed by atoms with Gasteiger partial charge in [-0.05, 0) is 74.1 Å². The third-order valence-corrected chi connectivity index (χ3v) is 7.83. The lowest BCUT2D eigenvalue weighted by Crippen LogP contribution is -2.44. The van der Waals surface area contributed by atoms with Crippen LogP contribution in [0, 0.1) is 17.8 Å². The van der Waals surface area contributed by atoms with E-state index in [9.17, 15) is 14.7 Å². The second-order valence-electron chi connectivity index (χ2n) is 8.61. The van der Waals surface area contributed by atoms with E-state index in [0.29, 0.717) is 28.3 Å². The molecule has 1 saturated heterocycles. The van der Waals surface area contributed by atoms with Crippen LogP contribution < -0.4 is 0 Å². The van der Waals surface area contributed by atoms with Gasteiger partial charge in [0.2, 0.25) is 5.91 Å². The van der Waals surface area contributed by atoms with Crippen LogP contribution in [-0.2, 0) is 9.59 Å². The highest BCUT2D eigenvalue weighted by Crippen LogP contribution is 2.49. The van der Waals surface area contributed by atoms with Crippen molar-refractivity contribution in [1.29, 1.82) is 0 Å². The van der Waals surface area contributed by atoms with Gasteiger partial charge in [0.1, 0.15) is 5.25 Å². The van der Waals surface area contributed by atoms with Gasteiger partial charge in [0.05, 0.1) is 12.1 Å². The van der Waals surface area contributed by atoms with Gasteiger partial charge in [-0.1, -0.05) is 41.9 Å². The zero-order chi connectivity index (χ0) is 21.3. The molecule has 1 aliphatic heterocycles. The van der Waals surface area contributed by atoms with E-state index in [4.69, 9.17) is 11.6 Å². The van der Waals surface area contributed by atoms with Crippen molar-refractivity contribution in [1.82, 2.24) is 4.90 Å². The van der Waals surface area contributed by atoms with Crippen LogP contribution >= 0.6 is 23.4 Å². The number of carbonyl (C=O) groups is 2. The average Bonchev–Trinajstić information content (AvgIpc) is 3.08. The topological polar surface area (TPSA) is 70.0 Å². The van der Waals surface area contributed by atoms with Crippen LogP contribution in [0.3, 0.4) is 0 Å². The number of hydrogen-bond acceptors (Lipinski definition) is 4. The molecule has 1 aromatic rings. The minimum absolute atomic E-state index is 0.00517. The van der Waals surface area contributed by atoms with Crippen molar-refractivity contribution in [3.8, 4) is 0 Å². The maximum atomic E-state index is 12.8. The predicted molar refractivity (Wildman–Crippen MR) is 121 cm³/mol. The van der Waals surface area contributed by atoms with Gasteiger partial charge in [-0.25, -0.2) is 4.99 Å². The number of thioether (sulfide) groups is 1. The van der Waals surface area contributed by atoms with Gasteiger partial charge in [0.15, 0.2) is 5.17 Å². The van der Waals surface area contributed by atoms with Crippen molar-refractivity contribution in [2.45, 2.75) is 50.7 Å². The molecule has 3 aliphatic rings. The Kier molecular flexibility index (Phi) is 6.54. The molecule has 1 amide bonds. The van der Waals surface area contributed by atoms with E-state index in [0.717, 1.165) is 30.0 Å². The van der Waals surface area contributed by atoms with Gasteiger partial charge < -0.3 is 5.11 Å². The minimum Gasteiger partial charge on any atom is -0.480 e. The van der Waals surface area contributed by atoms with Crippen molar-refractivity contribution >= 4 is 46.1 Å². The Morgan fingerprint density at radius 2 is 2.13 bits per heavy atom. The first-order valence-electron chi connectivity index (χ1n) is 10.6. The summed E-state index contributed by atoms with van der Waals surface area (Å²) in [6.07, 6.45) is 8.37. The largest absolute Gasteiger partial charge is 0.480 e. The van der Waals surface area contributed by atoms with Crippen molar-refractivity contribution in [2.24, 2.45) is 22.7 Å². The summed E-state index contributed by atoms with van der Waals surface area (Å²) in [5.41, 5.74) is 2.33. The fourth-order valence-corrected chi connectivity index (χ4v) is 5.91. The van der Waals surface area contributed by atoms with E-state index in [-0.39, 0.29) is 12.3 Å². The van der Waals surface area contributed by atoms with Crippen LogP contribution in [0.2, 0.25) is 5.02 Å². The quantitative estimate of drug-likeness (QED) is 0.560. The molecule has 0 radical (unpaired) electrons. The third kappa shape index (κ3) is 4.75. The fourth-order valence-electron chi connectivity index (χ4n) is 4.72. The van der Waals surface area contributed by atoms with Crippen LogP contribution in [0.1, 0.15) is 45.4 Å². The Morgan fingerprint density at radius 3 is 2.83 bits per heavy atom. The van der Waals surface area contributed by atoms with E-state index in [1.54, 1.807) is 34.7 Å². The number of aliphatic carboxylic acids is 1. The first-order chi connectivity index (χ1) is 14.4. The molecule has 4 unspecified atom stereocenters. The molecule has 2 aliphatic carbocycles. The van der Waals surface area contributed by atoms with Gasteiger partial charge >= 0.3 is 5.97 Å². The van der Waals surface area contributed by atoms with Gasteiger partial charge in [-0.15, -0.1) is 0 Å². The standard InChI is InChI=1S/C23H27ClN2O3S/c1-14(11-16-12-15-3-2-4-19(15)16)9-10-26-21(27)13-20(22(28)29)30-23(26)25-18-7-5-17(24)6-8-18/h4-8,14-16,20H,2-3,9-13H2,1H3,(H,28,29). The summed E-state index contributed by atoms with van der Waals surface area (Å²) in [4.78, 5) is 30.5. The molecule has 7 heteroatoms. The van der Waals surface area contributed by atoms with E-state index in [2.05, 4.69) is 18.0 Å². The van der Waals surface area contributed by atoms with Gasteiger partial charge in [0.25, 0.3) is 0 Å². The first-order valence-corrected chi connectivity index (χ1v) is 11.9. The number of benzene rings is 1. The summed E-state index contributed by atoms with van der Waals surface area (Å²) in [7, 11) is 0. The number of aliphatic imine (C=N–C) groups is 1. The minimum atomic E-state index is -0.977. The molecular weight excluding hydrogens is 420 g/mol. The Labute approximate surface area is 186 Å². The number of fused-ring (bicyclic) bond motifs is 1. The van der Waals surface area contributed by atoms with Crippen LogP contribution in [0.5, 0.6) is 0 Å². The van der Waals surface area contributed by atoms with Crippen molar-refractivity contribution in [2.75, 3.05) is 6.54 Å². The molecule has 2 fully saturated rings. The molecule has 1 aromatic carbocycles. The van der Waals surface area contributed by atoms with Crippen molar-refractivity contribution < 1.29 is 14.7 Å². The number of rotatable bonds is 7. The van der Waals surface area contributed by atoms with Crippen LogP contribution in [-0.4, -0.2) is 38.8 Å². The highest BCUT2D eigenvalue weighted by Gasteiger charge is 2.38. The SMILES string of the molecule is CC(CCN1C(=O)CC(C(=O)O)SC1=Nc1ccc(Cl)cc1)CC1CC2CCC=C21. The fraction of sp³-hybridized carbons (Fsp3) is 0.522. The van der Waals surface area contributed by atoms with Crippen LogP contribution in [0.25, 0.3) is 0 Å². The Hall–Kier alpha value is -1.79. The Bertz CT molecular complexity index is 883. The second kappa shape index (κ2) is 9.15. The smallest absolute Gasteiger partial charge is 0.317 e. The molecule has 30 heavy (non-hydrogen) atoms. The van der Waals surface area contributed by atoms with E-state index < -0.39 is 11.2 Å². The normalized spacial score (nSPS) is 28.1. The Balaban J connectivity index is 1.42. The molecule has 4 rings (SSSR count). The number of carbonyl (C=O) groups excluding carboxylic acids is 1. The number of amides is 1. The summed E-state index contributed by atoms with van der Waals surface area (Å²) >= 11 is 7.11. The van der Waals surface area contributed by atoms with Crippen molar-refractivity contribution in [3.63, 3.8) is 0 Å². The summed E-state index contributed by atoms with van der Waals surface area (Å²) < 4.78 is 0. The van der Waals surface area contributed by atoms with Crippen LogP contribution in [0.4, 0.5) is 5.69 Å². The lowest BCUT2D eigenvalue weighted by Gasteiger charge is -2.38. The average molecular weight is 447 g/mol. The number of carboxylic acid groups (broad SMARTS) is 1. The van der Waals surface area contributed by atoms with E-state index >= 15 is 0 Å². The zero-order valence-electron chi connectivity index (χ0n) is 17.1. The lowest BCUT2D eigenvalue weighted by atomic mass is 9.68. The highest BCUT2D eigenvalue weighted by molar-refractivity contribution is 8.15. The van der Waals surface area contributed by atoms with Crippen molar-refractivity contribution in [3.05, 3.63) is 40.9 Å². The number of allylic oxidation sites excluding steroid dienone is 2. The summed E-state index contributed by atoms with van der Waals surface area (Å²) in [6, 6.07) is 7.02. The molecule has 0 spiro atoms. The highest BCUT2D eigenvalue weighted by atomic mass is 35.5. The summed E-state index contributed by atoms with van der Waals surface area (Å²) in [5.74, 6) is 0.924. The van der Waals surface area contributed by atoms with E-state index in [1.807, 2.05) is 0 Å². The maximum Gasteiger partial charge on any atom is 0.317 e. The second-order valence-corrected chi connectivity index (χ2v) is 10.2. The molecule has 4 atom stereocenters. The zero-order valence-corrected chi connectivity index (χ0v) is 18.7. The lowest BCUT2D eigenvalue weighted by molar-refractivity contribution is -0.139. The predicted octanol–water partition coefficient (Wildman–Crippen LogP) is 5.52. The number of nitrogens with zero attached hydrogens (tertiary/aromatic N) is 2. The molecule has 1 heterocycles. The van der Waals surface area contributed by atoms with Gasteiger partial charge in [-0.2, -0.15) is 0 Å². The number of amidine groups is 1. The van der Waals surface area contributed by atoms with E-state index in [1.165, 1.54) is 25.7 Å². The molecule has 160 valence electrons.